The van der Waals surface area contributed by atoms with Gasteiger partial charge in [-0.05, 0) is 13.8 Å². The molecule has 1 N–H and O–H groups in total. The van der Waals surface area contributed by atoms with Gasteiger partial charge in [0.25, 0.3) is 0 Å². The van der Waals surface area contributed by atoms with Crippen molar-refractivity contribution in [1.82, 2.24) is 4.90 Å². The van der Waals surface area contributed by atoms with E-state index in [9.17, 15) is 4.79 Å². The lowest BCUT2D eigenvalue weighted by Gasteiger charge is -2.31. The number of carbonyl (C=O) groups excluding carboxylic acids is 1. The zero-order valence-electron chi connectivity index (χ0n) is 9.61. The van der Waals surface area contributed by atoms with Crippen molar-refractivity contribution in [3.05, 3.63) is 0 Å². The second-order valence-electron chi connectivity index (χ2n) is 4.30. The van der Waals surface area contributed by atoms with E-state index >= 15 is 0 Å². The molecule has 0 aromatic rings. The number of hydrogen-bond donors (Lipinski definition) is 1. The van der Waals surface area contributed by atoms with Gasteiger partial charge in [0.15, 0.2) is 0 Å². The number of rotatable bonds is 5. The van der Waals surface area contributed by atoms with Crippen LogP contribution in [0.3, 0.4) is 0 Å². The van der Waals surface area contributed by atoms with Crippen LogP contribution < -0.4 is 0 Å². The first-order valence-corrected chi connectivity index (χ1v) is 5.60. The van der Waals surface area contributed by atoms with Crippen molar-refractivity contribution in [3.63, 3.8) is 0 Å². The third kappa shape index (κ3) is 3.89. The van der Waals surface area contributed by atoms with E-state index in [0.717, 1.165) is 0 Å². The number of Topliss-reactive ketones (excluding diaryl/α,β-unsaturated/α-hetero) is 1. The van der Waals surface area contributed by atoms with Crippen molar-refractivity contribution in [2.75, 3.05) is 32.9 Å². The molecule has 0 saturated carbocycles. The predicted molar refractivity (Wildman–Crippen MR) is 57.7 cm³/mol. The maximum Gasteiger partial charge on any atom is 0.141 e. The van der Waals surface area contributed by atoms with Crippen LogP contribution in [0.2, 0.25) is 0 Å². The van der Waals surface area contributed by atoms with Crippen molar-refractivity contribution in [3.8, 4) is 0 Å². The standard InChI is InChI=1S/C11H21NO3/c1-9(2)12(4-5-13)7-10-8-15-6-3-11(10)14/h9-10,13H,3-8H2,1-2H3. The number of hydrogen-bond acceptors (Lipinski definition) is 4. The smallest absolute Gasteiger partial charge is 0.141 e. The van der Waals surface area contributed by atoms with Gasteiger partial charge in [-0.1, -0.05) is 0 Å². The molecule has 1 atom stereocenters. The predicted octanol–water partition coefficient (Wildman–Crippen LogP) is 0.295. The third-order valence-electron chi connectivity index (χ3n) is 2.84. The maximum atomic E-state index is 11.6. The minimum Gasteiger partial charge on any atom is -0.395 e. The monoisotopic (exact) mass is 215 g/mol. The molecule has 4 heteroatoms. The van der Waals surface area contributed by atoms with Crippen LogP contribution in [0.1, 0.15) is 20.3 Å². The van der Waals surface area contributed by atoms with Crippen LogP contribution in [0.15, 0.2) is 0 Å². The molecule has 1 unspecified atom stereocenters. The Bertz CT molecular complexity index is 206. The van der Waals surface area contributed by atoms with E-state index in [-0.39, 0.29) is 12.5 Å². The minimum atomic E-state index is -0.00676. The molecule has 1 aliphatic heterocycles. The van der Waals surface area contributed by atoms with Gasteiger partial charge in [-0.3, -0.25) is 9.69 Å². The van der Waals surface area contributed by atoms with Crippen LogP contribution in [-0.2, 0) is 9.53 Å². The number of nitrogens with zero attached hydrogens (tertiary/aromatic N) is 1. The largest absolute Gasteiger partial charge is 0.395 e. The van der Waals surface area contributed by atoms with Crippen molar-refractivity contribution in [2.45, 2.75) is 26.3 Å². The number of aliphatic hydroxyl groups excluding tert-OH is 1. The number of ether oxygens (including phenoxy) is 1. The van der Waals surface area contributed by atoms with E-state index in [1.54, 1.807) is 0 Å². The van der Waals surface area contributed by atoms with Crippen LogP contribution in [0.5, 0.6) is 0 Å². The SMILES string of the molecule is CC(C)N(CCO)CC1COCCC1=O. The van der Waals surface area contributed by atoms with E-state index in [1.165, 1.54) is 0 Å². The van der Waals surface area contributed by atoms with E-state index in [4.69, 9.17) is 9.84 Å². The zero-order chi connectivity index (χ0) is 11.3. The van der Waals surface area contributed by atoms with Crippen LogP contribution in [0, 0.1) is 5.92 Å². The highest BCUT2D eigenvalue weighted by Crippen LogP contribution is 2.13. The van der Waals surface area contributed by atoms with Gasteiger partial charge in [-0.2, -0.15) is 0 Å². The molecular weight excluding hydrogens is 194 g/mol. The molecule has 1 saturated heterocycles. The molecule has 0 aromatic heterocycles. The zero-order valence-corrected chi connectivity index (χ0v) is 9.61. The lowest BCUT2D eigenvalue weighted by atomic mass is 9.99. The Morgan fingerprint density at radius 1 is 1.60 bits per heavy atom. The second-order valence-corrected chi connectivity index (χ2v) is 4.30. The molecular formula is C11H21NO3. The van der Waals surface area contributed by atoms with Crippen molar-refractivity contribution >= 4 is 5.78 Å². The summed E-state index contributed by atoms with van der Waals surface area (Å²) >= 11 is 0. The minimum absolute atomic E-state index is 0.00676. The second kappa shape index (κ2) is 6.20. The highest BCUT2D eigenvalue weighted by molar-refractivity contribution is 5.82. The van der Waals surface area contributed by atoms with E-state index < -0.39 is 0 Å². The van der Waals surface area contributed by atoms with Crippen LogP contribution >= 0.6 is 0 Å². The molecule has 15 heavy (non-hydrogen) atoms. The summed E-state index contributed by atoms with van der Waals surface area (Å²) in [4.78, 5) is 13.7. The quantitative estimate of drug-likeness (QED) is 0.716. The lowest BCUT2D eigenvalue weighted by Crippen LogP contribution is -2.42. The van der Waals surface area contributed by atoms with Gasteiger partial charge >= 0.3 is 0 Å². The molecule has 0 bridgehead atoms. The Morgan fingerprint density at radius 2 is 2.33 bits per heavy atom. The molecule has 0 spiro atoms. The van der Waals surface area contributed by atoms with E-state index in [1.807, 2.05) is 0 Å². The Balaban J connectivity index is 2.45. The van der Waals surface area contributed by atoms with Gasteiger partial charge < -0.3 is 9.84 Å². The van der Waals surface area contributed by atoms with Gasteiger partial charge in [0, 0.05) is 25.6 Å². The Labute approximate surface area is 91.2 Å². The fraction of sp³-hybridized carbons (Fsp3) is 0.909. The summed E-state index contributed by atoms with van der Waals surface area (Å²) in [5.41, 5.74) is 0. The molecule has 0 radical (unpaired) electrons. The molecule has 1 heterocycles. The summed E-state index contributed by atoms with van der Waals surface area (Å²) < 4.78 is 5.30. The summed E-state index contributed by atoms with van der Waals surface area (Å²) in [6.45, 7) is 6.72. The maximum absolute atomic E-state index is 11.6. The summed E-state index contributed by atoms with van der Waals surface area (Å²) in [7, 11) is 0. The van der Waals surface area contributed by atoms with Crippen LogP contribution in [0.4, 0.5) is 0 Å². The number of aliphatic hydroxyl groups is 1. The topological polar surface area (TPSA) is 49.8 Å². The number of carbonyl (C=O) groups is 1. The first kappa shape index (κ1) is 12.6. The van der Waals surface area contributed by atoms with Crippen LogP contribution in [0.25, 0.3) is 0 Å². The first-order chi connectivity index (χ1) is 7.15. The summed E-state index contributed by atoms with van der Waals surface area (Å²) in [6, 6.07) is 0.354. The summed E-state index contributed by atoms with van der Waals surface area (Å²) in [5.74, 6) is 0.289. The lowest BCUT2D eigenvalue weighted by molar-refractivity contribution is -0.131. The summed E-state index contributed by atoms with van der Waals surface area (Å²) in [6.07, 6.45) is 0.537. The third-order valence-corrected chi connectivity index (χ3v) is 2.84. The van der Waals surface area contributed by atoms with Crippen molar-refractivity contribution < 1.29 is 14.6 Å². The average molecular weight is 215 g/mol. The van der Waals surface area contributed by atoms with Gasteiger partial charge in [-0.15, -0.1) is 0 Å². The molecule has 1 fully saturated rings. The normalized spacial score (nSPS) is 22.7. The Morgan fingerprint density at radius 3 is 2.87 bits per heavy atom. The van der Waals surface area contributed by atoms with Gasteiger partial charge in [-0.25, -0.2) is 0 Å². The fourth-order valence-electron chi connectivity index (χ4n) is 1.82. The van der Waals surface area contributed by atoms with E-state index in [2.05, 4.69) is 18.7 Å². The average Bonchev–Trinajstić information content (AvgIpc) is 2.20. The fourth-order valence-corrected chi connectivity index (χ4v) is 1.82. The molecule has 88 valence electrons. The first-order valence-electron chi connectivity index (χ1n) is 5.60. The van der Waals surface area contributed by atoms with Gasteiger partial charge in [0.1, 0.15) is 5.78 Å². The molecule has 1 rings (SSSR count). The molecule has 4 nitrogen and oxygen atoms in total. The summed E-state index contributed by atoms with van der Waals surface area (Å²) in [5, 5.41) is 8.92. The number of ketones is 1. The Kier molecular flexibility index (Phi) is 5.22. The van der Waals surface area contributed by atoms with E-state index in [0.29, 0.717) is 44.5 Å². The molecule has 0 aromatic carbocycles. The Hall–Kier alpha value is -0.450. The molecule has 0 aliphatic carbocycles. The van der Waals surface area contributed by atoms with Crippen molar-refractivity contribution in [1.29, 1.82) is 0 Å². The van der Waals surface area contributed by atoms with Gasteiger partial charge in [0.2, 0.25) is 0 Å². The highest BCUT2D eigenvalue weighted by atomic mass is 16.5. The van der Waals surface area contributed by atoms with Crippen LogP contribution in [-0.4, -0.2) is 54.7 Å². The molecule has 1 aliphatic rings. The van der Waals surface area contributed by atoms with Gasteiger partial charge in [0.05, 0.1) is 25.7 Å². The van der Waals surface area contributed by atoms with Crippen molar-refractivity contribution in [2.24, 2.45) is 5.92 Å². The molecule has 0 amide bonds. The highest BCUT2D eigenvalue weighted by Gasteiger charge is 2.25.